The molecule has 6 heteroatoms. The molecule has 10 unspecified atom stereocenters. The summed E-state index contributed by atoms with van der Waals surface area (Å²) in [5, 5.41) is 0. The minimum absolute atomic E-state index is 0.108. The minimum Gasteiger partial charge on any atom is -0.378 e. The molecule has 0 radical (unpaired) electrons. The molecule has 0 amide bonds. The smallest absolute Gasteiger partial charge is 0.147 e. The van der Waals surface area contributed by atoms with Crippen LogP contribution in [0.15, 0.2) is 0 Å². The molecule has 5 aliphatic rings. The fourth-order valence-electron chi connectivity index (χ4n) is 7.96. The quantitative estimate of drug-likeness (QED) is 0.718. The van der Waals surface area contributed by atoms with Crippen LogP contribution < -0.4 is 10.6 Å². The highest BCUT2D eigenvalue weighted by Crippen LogP contribution is 2.45. The Bertz CT molecular complexity index is 578. The van der Waals surface area contributed by atoms with Crippen molar-refractivity contribution < 1.29 is 19.1 Å². The number of nitrogens with two attached hydrogens (primary N) is 1. The second kappa shape index (κ2) is 8.36. The van der Waals surface area contributed by atoms with E-state index in [1.165, 1.54) is 51.5 Å². The van der Waals surface area contributed by atoms with Crippen LogP contribution in [0.3, 0.4) is 0 Å². The third-order valence-corrected chi connectivity index (χ3v) is 9.51. The Morgan fingerprint density at radius 1 is 1.14 bits per heavy atom. The van der Waals surface area contributed by atoms with Crippen molar-refractivity contribution in [1.29, 1.82) is 0 Å². The van der Waals surface area contributed by atoms with Crippen molar-refractivity contribution in [3.8, 4) is 0 Å². The number of hydrogen-bond acceptors (Lipinski definition) is 5. The van der Waals surface area contributed by atoms with Crippen LogP contribution in [0.25, 0.3) is 0 Å². The molecule has 5 fully saturated rings. The van der Waals surface area contributed by atoms with E-state index in [-0.39, 0.29) is 18.3 Å². The number of nitrogens with one attached hydrogen (secondary N) is 1. The average molecular weight is 409 g/mol. The van der Waals surface area contributed by atoms with Gasteiger partial charge >= 0.3 is 0 Å². The van der Waals surface area contributed by atoms with Gasteiger partial charge in [0.25, 0.3) is 0 Å². The van der Waals surface area contributed by atoms with Crippen LogP contribution in [-0.2, 0) is 14.2 Å². The SMILES string of the molecule is COC1C2OCOC2CC2CCN(C)[C@@H](CC3CC(N)C4CCCCC4[NH+]3C)C21. The van der Waals surface area contributed by atoms with E-state index in [0.717, 1.165) is 18.4 Å². The van der Waals surface area contributed by atoms with Crippen molar-refractivity contribution in [2.75, 3.05) is 34.5 Å². The van der Waals surface area contributed by atoms with Gasteiger partial charge in [0.2, 0.25) is 0 Å². The second-order valence-electron chi connectivity index (χ2n) is 10.7. The fraction of sp³-hybridized carbons (Fsp3) is 1.00. The molecular weight excluding hydrogens is 366 g/mol. The monoisotopic (exact) mass is 408 g/mol. The Labute approximate surface area is 176 Å². The molecule has 0 bridgehead atoms. The molecule has 5 rings (SSSR count). The first-order valence-corrected chi connectivity index (χ1v) is 12.1. The van der Waals surface area contributed by atoms with Gasteiger partial charge in [0.15, 0.2) is 0 Å². The van der Waals surface area contributed by atoms with Gasteiger partial charge < -0.3 is 29.7 Å². The molecule has 3 heterocycles. The highest BCUT2D eigenvalue weighted by Gasteiger charge is 2.55. The number of nitrogens with zero attached hydrogens (tertiary/aromatic N) is 1. The molecule has 29 heavy (non-hydrogen) atoms. The highest BCUT2D eigenvalue weighted by atomic mass is 16.7. The first-order chi connectivity index (χ1) is 14.1. The molecule has 0 spiro atoms. The van der Waals surface area contributed by atoms with Gasteiger partial charge in [-0.15, -0.1) is 0 Å². The molecule has 3 N–H and O–H groups in total. The maximum Gasteiger partial charge on any atom is 0.147 e. The summed E-state index contributed by atoms with van der Waals surface area (Å²) < 4.78 is 18.0. The first-order valence-electron chi connectivity index (χ1n) is 12.1. The summed E-state index contributed by atoms with van der Waals surface area (Å²) >= 11 is 0. The Kier molecular flexibility index (Phi) is 5.95. The normalized spacial score (nSPS) is 53.2. The topological polar surface area (TPSA) is 61.4 Å². The first kappa shape index (κ1) is 20.7. The lowest BCUT2D eigenvalue weighted by molar-refractivity contribution is -0.943. The van der Waals surface area contributed by atoms with E-state index in [2.05, 4.69) is 19.0 Å². The number of likely N-dealkylation sites (tertiary alicyclic amines) is 2. The summed E-state index contributed by atoms with van der Waals surface area (Å²) in [4.78, 5) is 4.38. The molecule has 6 nitrogen and oxygen atoms in total. The lowest BCUT2D eigenvalue weighted by atomic mass is 9.65. The Morgan fingerprint density at radius 3 is 2.79 bits per heavy atom. The lowest BCUT2D eigenvalue weighted by Crippen LogP contribution is -3.19. The Morgan fingerprint density at radius 2 is 1.97 bits per heavy atom. The fourth-order valence-corrected chi connectivity index (χ4v) is 7.96. The molecule has 0 aromatic rings. The molecule has 2 aliphatic carbocycles. The average Bonchev–Trinajstić information content (AvgIpc) is 3.20. The van der Waals surface area contributed by atoms with Gasteiger partial charge in [-0.3, -0.25) is 0 Å². The van der Waals surface area contributed by atoms with Crippen LogP contribution in [-0.4, -0.2) is 81.9 Å². The summed E-state index contributed by atoms with van der Waals surface area (Å²) in [5.74, 6) is 1.96. The van der Waals surface area contributed by atoms with Crippen LogP contribution in [0.4, 0.5) is 0 Å². The van der Waals surface area contributed by atoms with E-state index >= 15 is 0 Å². The van der Waals surface area contributed by atoms with Gasteiger partial charge in [0.1, 0.15) is 12.9 Å². The van der Waals surface area contributed by atoms with E-state index in [1.807, 2.05) is 7.11 Å². The van der Waals surface area contributed by atoms with Crippen LogP contribution >= 0.6 is 0 Å². The summed E-state index contributed by atoms with van der Waals surface area (Å²) in [5.41, 5.74) is 6.75. The largest absolute Gasteiger partial charge is 0.378 e. The molecule has 11 atom stereocenters. The maximum absolute atomic E-state index is 6.75. The molecular formula is C23H42N3O3+. The number of fused-ring (bicyclic) bond motifs is 3. The van der Waals surface area contributed by atoms with Crippen LogP contribution in [0.5, 0.6) is 0 Å². The van der Waals surface area contributed by atoms with Crippen molar-refractivity contribution in [2.24, 2.45) is 23.5 Å². The van der Waals surface area contributed by atoms with E-state index in [0.29, 0.717) is 36.8 Å². The number of ether oxygens (including phenoxy) is 3. The van der Waals surface area contributed by atoms with Crippen LogP contribution in [0.1, 0.15) is 51.4 Å². The standard InChI is InChI=1S/C23H41N3O3/c1-25-9-8-14-10-20-22(29-13-28-20)23(27-3)21(14)19(25)12-15-11-17(24)16-6-4-5-7-18(16)26(15)2/h14-23H,4-13,24H2,1-3H3/p+1/t14?,15?,16?,17?,18?,19-,20?,21?,22?,23?/m0/s1. The van der Waals surface area contributed by atoms with Gasteiger partial charge in [0.05, 0.1) is 31.3 Å². The van der Waals surface area contributed by atoms with Gasteiger partial charge in [0, 0.05) is 43.9 Å². The summed E-state index contributed by atoms with van der Waals surface area (Å²) in [7, 11) is 6.66. The third kappa shape index (κ3) is 3.58. The molecule has 2 saturated carbocycles. The molecule has 166 valence electrons. The van der Waals surface area contributed by atoms with E-state index < -0.39 is 0 Å². The summed E-state index contributed by atoms with van der Waals surface area (Å²) in [6.07, 6.45) is 10.8. The predicted molar refractivity (Wildman–Crippen MR) is 112 cm³/mol. The van der Waals surface area contributed by atoms with Gasteiger partial charge in [-0.25, -0.2) is 0 Å². The molecule has 3 aliphatic heterocycles. The Hall–Kier alpha value is -0.240. The van der Waals surface area contributed by atoms with Crippen molar-refractivity contribution in [3.05, 3.63) is 0 Å². The minimum atomic E-state index is 0.108. The van der Waals surface area contributed by atoms with Gasteiger partial charge in [-0.1, -0.05) is 6.42 Å². The van der Waals surface area contributed by atoms with Crippen molar-refractivity contribution in [1.82, 2.24) is 4.90 Å². The van der Waals surface area contributed by atoms with Gasteiger partial charge in [-0.05, 0) is 51.6 Å². The van der Waals surface area contributed by atoms with Gasteiger partial charge in [-0.2, -0.15) is 0 Å². The van der Waals surface area contributed by atoms with Crippen molar-refractivity contribution in [3.63, 3.8) is 0 Å². The molecule has 0 aromatic carbocycles. The highest BCUT2D eigenvalue weighted by molar-refractivity contribution is 5.04. The zero-order chi connectivity index (χ0) is 20.1. The Balaban J connectivity index is 1.36. The number of hydrogen-bond donors (Lipinski definition) is 2. The predicted octanol–water partition coefficient (Wildman–Crippen LogP) is 0.646. The third-order valence-electron chi connectivity index (χ3n) is 9.51. The van der Waals surface area contributed by atoms with Crippen LogP contribution in [0.2, 0.25) is 0 Å². The van der Waals surface area contributed by atoms with E-state index in [4.69, 9.17) is 19.9 Å². The zero-order valence-corrected chi connectivity index (χ0v) is 18.6. The number of methoxy groups -OCH3 is 1. The summed E-state index contributed by atoms with van der Waals surface area (Å²) in [6.45, 7) is 1.62. The summed E-state index contributed by atoms with van der Waals surface area (Å²) in [6, 6.07) is 2.37. The number of quaternary nitrogens is 1. The van der Waals surface area contributed by atoms with E-state index in [1.54, 1.807) is 4.90 Å². The molecule has 0 aromatic heterocycles. The number of piperidine rings is 2. The lowest BCUT2D eigenvalue weighted by Gasteiger charge is -2.54. The maximum atomic E-state index is 6.75. The zero-order valence-electron chi connectivity index (χ0n) is 18.6. The second-order valence-corrected chi connectivity index (χ2v) is 10.7. The van der Waals surface area contributed by atoms with Crippen LogP contribution in [0, 0.1) is 17.8 Å². The van der Waals surface area contributed by atoms with E-state index in [9.17, 15) is 0 Å². The van der Waals surface area contributed by atoms with Crippen molar-refractivity contribution >= 4 is 0 Å². The molecule has 3 saturated heterocycles. The van der Waals surface area contributed by atoms with Crippen molar-refractivity contribution in [2.45, 2.75) is 93.8 Å². The number of rotatable bonds is 3.